The zero-order valence-electron chi connectivity index (χ0n) is 19.2. The number of carbonyl (C=O) groups excluding carboxylic acids is 1. The van der Waals surface area contributed by atoms with Gasteiger partial charge < -0.3 is 9.64 Å². The van der Waals surface area contributed by atoms with Gasteiger partial charge in [-0.05, 0) is 49.1 Å². The van der Waals surface area contributed by atoms with Crippen LogP contribution in [-0.4, -0.2) is 48.0 Å². The molecule has 1 saturated heterocycles. The van der Waals surface area contributed by atoms with E-state index in [9.17, 15) is 4.79 Å². The van der Waals surface area contributed by atoms with E-state index in [2.05, 4.69) is 71.6 Å². The number of piperazine rings is 1. The molecule has 1 aliphatic heterocycles. The molecule has 1 amide bonds. The van der Waals surface area contributed by atoms with Gasteiger partial charge in [-0.25, -0.2) is 0 Å². The third-order valence-corrected chi connectivity index (χ3v) is 6.22. The average Bonchev–Trinajstić information content (AvgIpc) is 2.83. The van der Waals surface area contributed by atoms with E-state index in [1.54, 1.807) is 0 Å². The van der Waals surface area contributed by atoms with Gasteiger partial charge in [0.15, 0.2) is 6.10 Å². The Bertz CT molecular complexity index is 988. The van der Waals surface area contributed by atoms with Gasteiger partial charge in [0.25, 0.3) is 5.91 Å². The summed E-state index contributed by atoms with van der Waals surface area (Å²) in [6, 6.07) is 27.5. The summed E-state index contributed by atoms with van der Waals surface area (Å²) in [4.78, 5) is 17.5. The van der Waals surface area contributed by atoms with Crippen molar-refractivity contribution in [2.75, 3.05) is 26.2 Å². The fourth-order valence-electron chi connectivity index (χ4n) is 4.42. The Kier molecular flexibility index (Phi) is 6.91. The van der Waals surface area contributed by atoms with Crippen molar-refractivity contribution in [2.24, 2.45) is 0 Å². The number of benzene rings is 3. The number of aryl methyl sites for hydroxylation is 2. The lowest BCUT2D eigenvalue weighted by atomic mass is 9.96. The first kappa shape index (κ1) is 22.1. The second-order valence-electron chi connectivity index (χ2n) is 8.61. The number of hydrogen-bond acceptors (Lipinski definition) is 3. The Balaban J connectivity index is 1.43. The Morgan fingerprint density at radius 3 is 1.94 bits per heavy atom. The molecule has 0 aliphatic carbocycles. The van der Waals surface area contributed by atoms with E-state index in [-0.39, 0.29) is 11.9 Å². The van der Waals surface area contributed by atoms with Gasteiger partial charge >= 0.3 is 0 Å². The van der Waals surface area contributed by atoms with Gasteiger partial charge in [0.05, 0.1) is 6.04 Å². The molecular weight excluding hydrogens is 396 g/mol. The summed E-state index contributed by atoms with van der Waals surface area (Å²) in [7, 11) is 0. The number of amides is 1. The van der Waals surface area contributed by atoms with E-state index in [1.165, 1.54) is 11.1 Å². The fourth-order valence-corrected chi connectivity index (χ4v) is 4.42. The third kappa shape index (κ3) is 5.03. The molecule has 0 N–H and O–H groups in total. The zero-order chi connectivity index (χ0) is 22.5. The van der Waals surface area contributed by atoms with Crippen LogP contribution in [0.1, 0.15) is 35.2 Å². The summed E-state index contributed by atoms with van der Waals surface area (Å²) in [6.45, 7) is 8.97. The molecule has 4 heteroatoms. The Morgan fingerprint density at radius 1 is 0.812 bits per heavy atom. The van der Waals surface area contributed by atoms with E-state index >= 15 is 0 Å². The molecule has 1 aliphatic rings. The predicted octanol–water partition coefficient (Wildman–Crippen LogP) is 5.00. The Hall–Kier alpha value is -3.11. The third-order valence-electron chi connectivity index (χ3n) is 6.22. The van der Waals surface area contributed by atoms with Crippen molar-refractivity contribution in [3.8, 4) is 5.75 Å². The van der Waals surface area contributed by atoms with Gasteiger partial charge in [-0.3, -0.25) is 9.69 Å². The van der Waals surface area contributed by atoms with Crippen molar-refractivity contribution >= 4 is 5.91 Å². The van der Waals surface area contributed by atoms with Gasteiger partial charge in [0, 0.05) is 26.2 Å². The molecule has 0 radical (unpaired) electrons. The summed E-state index contributed by atoms with van der Waals surface area (Å²) in [5.41, 5.74) is 4.75. The van der Waals surface area contributed by atoms with Gasteiger partial charge in [-0.2, -0.15) is 0 Å². The maximum Gasteiger partial charge on any atom is 0.263 e. The van der Waals surface area contributed by atoms with E-state index in [1.807, 2.05) is 37.8 Å². The second-order valence-corrected chi connectivity index (χ2v) is 8.61. The Labute approximate surface area is 191 Å². The van der Waals surface area contributed by atoms with Crippen molar-refractivity contribution in [1.82, 2.24) is 9.80 Å². The molecule has 4 rings (SSSR count). The topological polar surface area (TPSA) is 32.8 Å². The van der Waals surface area contributed by atoms with Crippen LogP contribution in [-0.2, 0) is 4.79 Å². The normalized spacial score (nSPS) is 15.6. The van der Waals surface area contributed by atoms with E-state index < -0.39 is 6.10 Å². The van der Waals surface area contributed by atoms with Crippen LogP contribution in [0.25, 0.3) is 0 Å². The molecular formula is C28H32N2O2. The monoisotopic (exact) mass is 428 g/mol. The lowest BCUT2D eigenvalue weighted by molar-refractivity contribution is -0.140. The molecule has 166 valence electrons. The smallest absolute Gasteiger partial charge is 0.263 e. The van der Waals surface area contributed by atoms with E-state index in [0.29, 0.717) is 13.1 Å². The predicted molar refractivity (Wildman–Crippen MR) is 129 cm³/mol. The number of ether oxygens (including phenoxy) is 1. The quantitative estimate of drug-likeness (QED) is 0.554. The van der Waals surface area contributed by atoms with Crippen LogP contribution >= 0.6 is 0 Å². The second kappa shape index (κ2) is 10.0. The first-order chi connectivity index (χ1) is 15.5. The fraction of sp³-hybridized carbons (Fsp3) is 0.321. The van der Waals surface area contributed by atoms with Gasteiger partial charge in [0.2, 0.25) is 0 Å². The molecule has 4 nitrogen and oxygen atoms in total. The van der Waals surface area contributed by atoms with Crippen LogP contribution in [0.4, 0.5) is 0 Å². The molecule has 32 heavy (non-hydrogen) atoms. The van der Waals surface area contributed by atoms with Crippen molar-refractivity contribution in [2.45, 2.75) is 32.9 Å². The van der Waals surface area contributed by atoms with Gasteiger partial charge in [0.1, 0.15) is 5.75 Å². The minimum Gasteiger partial charge on any atom is -0.481 e. The number of nitrogens with zero attached hydrogens (tertiary/aromatic N) is 2. The molecule has 1 atom stereocenters. The highest BCUT2D eigenvalue weighted by atomic mass is 16.5. The van der Waals surface area contributed by atoms with Crippen molar-refractivity contribution in [3.05, 3.63) is 101 Å². The molecule has 0 bridgehead atoms. The van der Waals surface area contributed by atoms with Crippen LogP contribution < -0.4 is 4.74 Å². The SMILES string of the molecule is Cc1ccc(C)c(O[C@H](C)C(=O)N2CCN(C(c3ccccc3)c3ccccc3)CC2)c1. The molecule has 1 heterocycles. The largest absolute Gasteiger partial charge is 0.481 e. The average molecular weight is 429 g/mol. The van der Waals surface area contributed by atoms with Crippen LogP contribution in [0.5, 0.6) is 5.75 Å². The molecule has 0 aromatic heterocycles. The first-order valence-corrected chi connectivity index (χ1v) is 11.4. The number of carbonyl (C=O) groups is 1. The van der Waals surface area contributed by atoms with E-state index in [4.69, 9.17) is 4.74 Å². The summed E-state index contributed by atoms with van der Waals surface area (Å²) >= 11 is 0. The highest BCUT2D eigenvalue weighted by Gasteiger charge is 2.30. The Morgan fingerprint density at radius 2 is 1.38 bits per heavy atom. The van der Waals surface area contributed by atoms with Gasteiger partial charge in [-0.1, -0.05) is 72.8 Å². The van der Waals surface area contributed by atoms with E-state index in [0.717, 1.165) is 30.0 Å². The molecule has 1 fully saturated rings. The summed E-state index contributed by atoms with van der Waals surface area (Å²) in [6.07, 6.45) is -0.499. The van der Waals surface area contributed by atoms with Crippen LogP contribution in [0, 0.1) is 13.8 Å². The standard InChI is InChI=1S/C28H32N2O2/c1-21-14-15-22(2)26(20-21)32-23(3)28(31)30-18-16-29(17-19-30)27(24-10-6-4-7-11-24)25-12-8-5-9-13-25/h4-15,20,23,27H,16-19H2,1-3H3/t23-/m1/s1. The van der Waals surface area contributed by atoms with Crippen LogP contribution in [0.2, 0.25) is 0 Å². The molecule has 0 unspecified atom stereocenters. The lowest BCUT2D eigenvalue weighted by Gasteiger charge is -2.40. The van der Waals surface area contributed by atoms with Crippen molar-refractivity contribution in [3.63, 3.8) is 0 Å². The minimum absolute atomic E-state index is 0.0570. The molecule has 0 saturated carbocycles. The zero-order valence-corrected chi connectivity index (χ0v) is 19.2. The maximum absolute atomic E-state index is 13.1. The van der Waals surface area contributed by atoms with Crippen LogP contribution in [0.15, 0.2) is 78.9 Å². The van der Waals surface area contributed by atoms with Gasteiger partial charge in [-0.15, -0.1) is 0 Å². The lowest BCUT2D eigenvalue weighted by Crippen LogP contribution is -2.52. The first-order valence-electron chi connectivity index (χ1n) is 11.4. The van der Waals surface area contributed by atoms with Crippen molar-refractivity contribution in [1.29, 1.82) is 0 Å². The highest BCUT2D eigenvalue weighted by molar-refractivity contribution is 5.81. The van der Waals surface area contributed by atoms with Crippen molar-refractivity contribution < 1.29 is 9.53 Å². The molecule has 0 spiro atoms. The number of rotatable bonds is 6. The molecule has 3 aromatic rings. The number of hydrogen-bond donors (Lipinski definition) is 0. The highest BCUT2D eigenvalue weighted by Crippen LogP contribution is 2.29. The minimum atomic E-state index is -0.499. The van der Waals surface area contributed by atoms with Crippen LogP contribution in [0.3, 0.4) is 0 Å². The molecule has 3 aromatic carbocycles. The maximum atomic E-state index is 13.1. The summed E-state index contributed by atoms with van der Waals surface area (Å²) in [5.74, 6) is 0.847. The summed E-state index contributed by atoms with van der Waals surface area (Å²) in [5, 5.41) is 0. The summed E-state index contributed by atoms with van der Waals surface area (Å²) < 4.78 is 6.05.